The second kappa shape index (κ2) is 6.16. The average molecular weight is 301 g/mol. The van der Waals surface area contributed by atoms with Crippen LogP contribution in [0, 0.1) is 5.82 Å². The molecule has 3 rings (SSSR count). The van der Waals surface area contributed by atoms with E-state index in [1.807, 2.05) is 18.2 Å². The molecule has 1 aliphatic rings. The van der Waals surface area contributed by atoms with Crippen LogP contribution in [0.1, 0.15) is 29.2 Å². The van der Waals surface area contributed by atoms with Crippen LogP contribution in [-0.2, 0) is 12.0 Å². The number of nitrogens with one attached hydrogen (secondary N) is 1. The van der Waals surface area contributed by atoms with Crippen LogP contribution >= 0.6 is 0 Å². The fraction of sp³-hybridized carbons (Fsp3) is 0.333. The number of aliphatic hydroxyl groups excluding tert-OH is 2. The van der Waals surface area contributed by atoms with Gasteiger partial charge in [0.1, 0.15) is 5.82 Å². The highest BCUT2D eigenvalue weighted by Gasteiger charge is 2.37. The Morgan fingerprint density at radius 3 is 2.77 bits per heavy atom. The van der Waals surface area contributed by atoms with Gasteiger partial charge in [-0.1, -0.05) is 36.4 Å². The van der Waals surface area contributed by atoms with Gasteiger partial charge in [-0.25, -0.2) is 4.39 Å². The highest BCUT2D eigenvalue weighted by atomic mass is 19.1. The number of rotatable bonds is 5. The minimum atomic E-state index is -0.813. The molecule has 0 aliphatic heterocycles. The Labute approximate surface area is 129 Å². The molecule has 2 atom stereocenters. The van der Waals surface area contributed by atoms with Crippen LogP contribution in [0.5, 0.6) is 0 Å². The smallest absolute Gasteiger partial charge is 0.123 e. The maximum atomic E-state index is 13.2. The largest absolute Gasteiger partial charge is 0.394 e. The van der Waals surface area contributed by atoms with Gasteiger partial charge in [0.05, 0.1) is 18.2 Å². The van der Waals surface area contributed by atoms with Crippen molar-refractivity contribution >= 4 is 0 Å². The number of aliphatic hydroxyl groups is 2. The summed E-state index contributed by atoms with van der Waals surface area (Å²) in [6.45, 7) is 0.234. The van der Waals surface area contributed by atoms with Gasteiger partial charge in [0.2, 0.25) is 0 Å². The first kappa shape index (κ1) is 15.2. The van der Waals surface area contributed by atoms with Gasteiger partial charge in [-0.05, 0) is 41.7 Å². The molecule has 2 unspecified atom stereocenters. The van der Waals surface area contributed by atoms with E-state index >= 15 is 0 Å². The highest BCUT2D eigenvalue weighted by molar-refractivity contribution is 5.39. The Morgan fingerprint density at radius 1 is 1.18 bits per heavy atom. The van der Waals surface area contributed by atoms with Crippen LogP contribution in [-0.4, -0.2) is 23.4 Å². The Hall–Kier alpha value is -1.75. The first-order valence-corrected chi connectivity index (χ1v) is 7.52. The van der Waals surface area contributed by atoms with E-state index in [0.29, 0.717) is 5.56 Å². The number of aryl methyl sites for hydroxylation is 1. The number of hydrogen-bond acceptors (Lipinski definition) is 3. The molecule has 0 bridgehead atoms. The van der Waals surface area contributed by atoms with E-state index in [2.05, 4.69) is 11.4 Å². The van der Waals surface area contributed by atoms with Crippen LogP contribution in [0.4, 0.5) is 4.39 Å². The van der Waals surface area contributed by atoms with E-state index in [-0.39, 0.29) is 19.0 Å². The molecule has 0 spiro atoms. The predicted octanol–water partition coefficient (Wildman–Crippen LogP) is 2.28. The molecular weight excluding hydrogens is 281 g/mol. The summed E-state index contributed by atoms with van der Waals surface area (Å²) in [5, 5.41) is 23.4. The van der Waals surface area contributed by atoms with Crippen molar-refractivity contribution in [3.8, 4) is 0 Å². The summed E-state index contributed by atoms with van der Waals surface area (Å²) in [5.74, 6) is -0.361. The molecule has 1 aliphatic carbocycles. The number of fused-ring (bicyclic) bond motifs is 1. The van der Waals surface area contributed by atoms with Crippen LogP contribution < -0.4 is 5.32 Å². The summed E-state index contributed by atoms with van der Waals surface area (Å²) in [6, 6.07) is 14.0. The molecule has 3 nitrogen and oxygen atoms in total. The van der Waals surface area contributed by atoms with Gasteiger partial charge in [-0.15, -0.1) is 0 Å². The lowest BCUT2D eigenvalue weighted by Crippen LogP contribution is -2.45. The van der Waals surface area contributed by atoms with Crippen LogP contribution in [0.3, 0.4) is 0 Å². The molecule has 4 heteroatoms. The van der Waals surface area contributed by atoms with Crippen LogP contribution in [0.15, 0.2) is 48.5 Å². The summed E-state index contributed by atoms with van der Waals surface area (Å²) in [5.41, 5.74) is 2.32. The molecule has 116 valence electrons. The van der Waals surface area contributed by atoms with E-state index in [1.165, 1.54) is 17.7 Å². The molecule has 0 fully saturated rings. The molecule has 0 heterocycles. The molecule has 0 saturated carbocycles. The van der Waals surface area contributed by atoms with Crippen LogP contribution in [0.25, 0.3) is 0 Å². The summed E-state index contributed by atoms with van der Waals surface area (Å²) in [7, 11) is 0. The quantitative estimate of drug-likeness (QED) is 0.794. The Bertz CT molecular complexity index is 661. The normalized spacial score (nSPS) is 21.6. The average Bonchev–Trinajstić information content (AvgIpc) is 2.92. The maximum Gasteiger partial charge on any atom is 0.123 e. The van der Waals surface area contributed by atoms with Crippen molar-refractivity contribution in [3.05, 3.63) is 71.0 Å². The first-order chi connectivity index (χ1) is 10.6. The van der Waals surface area contributed by atoms with Gasteiger partial charge in [-0.3, -0.25) is 0 Å². The van der Waals surface area contributed by atoms with E-state index in [1.54, 1.807) is 12.1 Å². The Kier molecular flexibility index (Phi) is 4.25. The lowest BCUT2D eigenvalue weighted by Gasteiger charge is -2.31. The van der Waals surface area contributed by atoms with E-state index in [9.17, 15) is 14.6 Å². The number of halogens is 1. The van der Waals surface area contributed by atoms with E-state index < -0.39 is 11.6 Å². The molecule has 0 saturated heterocycles. The maximum absolute atomic E-state index is 13.2. The zero-order chi connectivity index (χ0) is 15.6. The minimum Gasteiger partial charge on any atom is -0.394 e. The molecule has 0 amide bonds. The summed E-state index contributed by atoms with van der Waals surface area (Å²) >= 11 is 0. The fourth-order valence-corrected chi connectivity index (χ4v) is 3.22. The van der Waals surface area contributed by atoms with Crippen LogP contribution in [0.2, 0.25) is 0 Å². The second-order valence-electron chi connectivity index (χ2n) is 5.85. The molecule has 0 radical (unpaired) electrons. The van der Waals surface area contributed by atoms with Crippen molar-refractivity contribution in [2.24, 2.45) is 0 Å². The number of hydrogen-bond donors (Lipinski definition) is 3. The fourth-order valence-electron chi connectivity index (χ4n) is 3.22. The third kappa shape index (κ3) is 2.77. The zero-order valence-electron chi connectivity index (χ0n) is 12.3. The summed E-state index contributed by atoms with van der Waals surface area (Å²) < 4.78 is 13.2. The lowest BCUT2D eigenvalue weighted by atomic mass is 9.92. The van der Waals surface area contributed by atoms with Gasteiger partial charge in [-0.2, -0.15) is 0 Å². The molecule has 2 aromatic carbocycles. The van der Waals surface area contributed by atoms with Crippen molar-refractivity contribution in [1.82, 2.24) is 5.32 Å². The SMILES string of the molecule is OCC1(NCC(O)c2cccc(F)c2)CCc2ccccc21. The van der Waals surface area contributed by atoms with Gasteiger partial charge in [0.25, 0.3) is 0 Å². The van der Waals surface area contributed by atoms with E-state index in [4.69, 9.17) is 0 Å². The van der Waals surface area contributed by atoms with Crippen molar-refractivity contribution in [2.45, 2.75) is 24.5 Å². The monoisotopic (exact) mass is 301 g/mol. The van der Waals surface area contributed by atoms with Crippen molar-refractivity contribution in [2.75, 3.05) is 13.2 Å². The lowest BCUT2D eigenvalue weighted by molar-refractivity contribution is 0.119. The predicted molar refractivity (Wildman–Crippen MR) is 82.9 cm³/mol. The third-order valence-corrected chi connectivity index (χ3v) is 4.49. The van der Waals surface area contributed by atoms with Crippen molar-refractivity contribution in [1.29, 1.82) is 0 Å². The van der Waals surface area contributed by atoms with Gasteiger partial charge < -0.3 is 15.5 Å². The minimum absolute atomic E-state index is 0.0279. The standard InChI is InChI=1S/C18H20FNO2/c19-15-6-3-5-14(10-15)17(22)11-20-18(12-21)9-8-13-4-1-2-7-16(13)18/h1-7,10,17,20-22H,8-9,11-12H2. The number of benzene rings is 2. The highest BCUT2D eigenvalue weighted by Crippen LogP contribution is 2.36. The molecule has 22 heavy (non-hydrogen) atoms. The van der Waals surface area contributed by atoms with E-state index in [0.717, 1.165) is 18.4 Å². The first-order valence-electron chi connectivity index (χ1n) is 7.52. The molecule has 2 aromatic rings. The summed E-state index contributed by atoms with van der Waals surface area (Å²) in [6.07, 6.45) is 0.880. The van der Waals surface area contributed by atoms with Gasteiger partial charge >= 0.3 is 0 Å². The molecule has 0 aromatic heterocycles. The Morgan fingerprint density at radius 2 is 2.00 bits per heavy atom. The van der Waals surface area contributed by atoms with Crippen molar-refractivity contribution in [3.63, 3.8) is 0 Å². The molecule has 3 N–H and O–H groups in total. The van der Waals surface area contributed by atoms with Gasteiger partial charge in [0, 0.05) is 6.54 Å². The third-order valence-electron chi connectivity index (χ3n) is 4.49. The van der Waals surface area contributed by atoms with Gasteiger partial charge in [0.15, 0.2) is 0 Å². The van der Waals surface area contributed by atoms with Crippen molar-refractivity contribution < 1.29 is 14.6 Å². The second-order valence-corrected chi connectivity index (χ2v) is 5.85. The summed E-state index contributed by atoms with van der Waals surface area (Å²) in [4.78, 5) is 0. The Balaban J connectivity index is 1.75. The molecular formula is C18H20FNO2. The topological polar surface area (TPSA) is 52.5 Å². The zero-order valence-corrected chi connectivity index (χ0v) is 12.3.